The lowest BCUT2D eigenvalue weighted by Gasteiger charge is -2.37. The van der Waals surface area contributed by atoms with Gasteiger partial charge in [-0.25, -0.2) is 12.8 Å². The zero-order valence-electron chi connectivity index (χ0n) is 14.8. The number of hydrogen-bond donors (Lipinski definition) is 0. The largest absolute Gasteiger partial charge is 0.497 e. The van der Waals surface area contributed by atoms with E-state index in [2.05, 4.69) is 0 Å². The van der Waals surface area contributed by atoms with Gasteiger partial charge in [0.1, 0.15) is 11.6 Å². The molecular formula is C19H22FNO4S. The van der Waals surface area contributed by atoms with E-state index in [4.69, 9.17) is 9.47 Å². The first-order valence-electron chi connectivity index (χ1n) is 8.38. The highest BCUT2D eigenvalue weighted by atomic mass is 32.2. The normalized spacial score (nSPS) is 21.5. The van der Waals surface area contributed by atoms with Crippen molar-refractivity contribution in [3.63, 3.8) is 0 Å². The molecule has 0 N–H and O–H groups in total. The Morgan fingerprint density at radius 3 is 2.42 bits per heavy atom. The minimum Gasteiger partial charge on any atom is -0.497 e. The fourth-order valence-electron chi connectivity index (χ4n) is 3.02. The highest BCUT2D eigenvalue weighted by molar-refractivity contribution is 7.88. The molecule has 26 heavy (non-hydrogen) atoms. The minimum absolute atomic E-state index is 0.160. The average molecular weight is 379 g/mol. The van der Waals surface area contributed by atoms with Gasteiger partial charge in [-0.3, -0.25) is 0 Å². The number of ether oxygens (including phenoxy) is 2. The number of halogens is 1. The molecule has 2 atom stereocenters. The van der Waals surface area contributed by atoms with E-state index in [-0.39, 0.29) is 30.3 Å². The van der Waals surface area contributed by atoms with Crippen LogP contribution in [-0.2, 0) is 20.5 Å². The zero-order chi connectivity index (χ0) is 18.7. The molecule has 1 aliphatic rings. The molecule has 1 heterocycles. The van der Waals surface area contributed by atoms with Crippen LogP contribution < -0.4 is 4.74 Å². The highest BCUT2D eigenvalue weighted by Crippen LogP contribution is 2.29. The van der Waals surface area contributed by atoms with Crippen LogP contribution in [0.15, 0.2) is 48.5 Å². The number of benzene rings is 2. The Labute approximate surface area is 153 Å². The summed E-state index contributed by atoms with van der Waals surface area (Å²) in [7, 11) is -1.95. The van der Waals surface area contributed by atoms with E-state index in [0.29, 0.717) is 12.2 Å². The molecule has 140 valence electrons. The van der Waals surface area contributed by atoms with Crippen molar-refractivity contribution in [2.24, 2.45) is 0 Å². The summed E-state index contributed by atoms with van der Waals surface area (Å²) in [5.74, 6) is 0.191. The van der Waals surface area contributed by atoms with Crippen molar-refractivity contribution in [2.45, 2.75) is 24.8 Å². The molecule has 0 spiro atoms. The first kappa shape index (κ1) is 18.8. The fourth-order valence-corrected chi connectivity index (χ4v) is 4.77. The number of morpholine rings is 1. The summed E-state index contributed by atoms with van der Waals surface area (Å²) in [6, 6.07) is 12.7. The van der Waals surface area contributed by atoms with Crippen LogP contribution in [0.5, 0.6) is 5.75 Å². The fraction of sp³-hybridized carbons (Fsp3) is 0.368. The molecule has 2 unspecified atom stereocenters. The van der Waals surface area contributed by atoms with Gasteiger partial charge < -0.3 is 9.47 Å². The molecule has 1 aliphatic heterocycles. The third-order valence-corrected chi connectivity index (χ3v) is 6.40. The molecule has 0 aliphatic carbocycles. The van der Waals surface area contributed by atoms with Gasteiger partial charge >= 0.3 is 0 Å². The lowest BCUT2D eigenvalue weighted by molar-refractivity contribution is -0.0289. The Balaban J connectivity index is 1.77. The topological polar surface area (TPSA) is 55.8 Å². The molecule has 0 bridgehead atoms. The third kappa shape index (κ3) is 4.23. The maximum absolute atomic E-state index is 13.0. The number of hydrogen-bond acceptors (Lipinski definition) is 4. The van der Waals surface area contributed by atoms with E-state index >= 15 is 0 Å². The molecule has 0 radical (unpaired) electrons. The van der Waals surface area contributed by atoms with Gasteiger partial charge in [0.05, 0.1) is 25.6 Å². The monoisotopic (exact) mass is 379 g/mol. The maximum Gasteiger partial charge on any atom is 0.218 e. The summed E-state index contributed by atoms with van der Waals surface area (Å²) >= 11 is 0. The summed E-state index contributed by atoms with van der Waals surface area (Å²) in [5, 5.41) is 0. The van der Waals surface area contributed by atoms with Crippen LogP contribution in [0.4, 0.5) is 4.39 Å². The first-order valence-corrected chi connectivity index (χ1v) is 9.99. The first-order chi connectivity index (χ1) is 12.4. The van der Waals surface area contributed by atoms with Gasteiger partial charge in [-0.05, 0) is 42.3 Å². The minimum atomic E-state index is -3.55. The summed E-state index contributed by atoms with van der Waals surface area (Å²) in [5.41, 5.74) is 1.46. The van der Waals surface area contributed by atoms with Gasteiger partial charge in [0, 0.05) is 12.6 Å². The zero-order valence-corrected chi connectivity index (χ0v) is 15.6. The van der Waals surface area contributed by atoms with Crippen molar-refractivity contribution in [2.75, 3.05) is 20.3 Å². The predicted molar refractivity (Wildman–Crippen MR) is 96.9 cm³/mol. The van der Waals surface area contributed by atoms with Crippen molar-refractivity contribution >= 4 is 10.0 Å². The Bertz CT molecular complexity index is 837. The van der Waals surface area contributed by atoms with Crippen molar-refractivity contribution in [1.82, 2.24) is 4.31 Å². The Morgan fingerprint density at radius 1 is 1.15 bits per heavy atom. The van der Waals surface area contributed by atoms with Crippen molar-refractivity contribution in [3.05, 3.63) is 65.5 Å². The molecule has 2 aromatic rings. The predicted octanol–water partition coefficient (Wildman–Crippen LogP) is 3.13. The van der Waals surface area contributed by atoms with Crippen LogP contribution in [0, 0.1) is 5.82 Å². The second-order valence-electron chi connectivity index (χ2n) is 6.40. The number of sulfonamides is 1. The molecule has 3 rings (SSSR count). The van der Waals surface area contributed by atoms with Crippen LogP contribution in [0.2, 0.25) is 0 Å². The number of nitrogens with zero attached hydrogens (tertiary/aromatic N) is 1. The van der Waals surface area contributed by atoms with Crippen molar-refractivity contribution < 1.29 is 22.3 Å². The van der Waals surface area contributed by atoms with Gasteiger partial charge in [-0.2, -0.15) is 4.31 Å². The average Bonchev–Trinajstić information content (AvgIpc) is 2.64. The summed E-state index contributed by atoms with van der Waals surface area (Å²) in [6.45, 7) is 2.39. The van der Waals surface area contributed by atoms with E-state index in [1.54, 1.807) is 7.11 Å². The SMILES string of the molecule is COc1ccc(C2CN(S(=O)(=O)Cc3ccc(F)cc3)C(C)CO2)cc1. The molecule has 1 fully saturated rings. The quantitative estimate of drug-likeness (QED) is 0.801. The number of methoxy groups -OCH3 is 1. The Morgan fingerprint density at radius 2 is 1.81 bits per heavy atom. The molecule has 0 aromatic heterocycles. The molecule has 7 heteroatoms. The second-order valence-corrected chi connectivity index (χ2v) is 8.32. The van der Waals surface area contributed by atoms with E-state index in [1.807, 2.05) is 31.2 Å². The van der Waals surface area contributed by atoms with Gasteiger partial charge in [0.25, 0.3) is 0 Å². The smallest absolute Gasteiger partial charge is 0.218 e. The molecule has 1 saturated heterocycles. The molecule has 0 amide bonds. The Kier molecular flexibility index (Phi) is 5.60. The van der Waals surface area contributed by atoms with Crippen LogP contribution in [0.1, 0.15) is 24.2 Å². The second kappa shape index (κ2) is 7.73. The van der Waals surface area contributed by atoms with Crippen LogP contribution in [-0.4, -0.2) is 39.0 Å². The van der Waals surface area contributed by atoms with E-state index in [9.17, 15) is 12.8 Å². The summed E-state index contributed by atoms with van der Waals surface area (Å²) < 4.78 is 51.3. The van der Waals surface area contributed by atoms with Gasteiger partial charge in [-0.1, -0.05) is 24.3 Å². The van der Waals surface area contributed by atoms with Gasteiger partial charge in [-0.15, -0.1) is 0 Å². The van der Waals surface area contributed by atoms with E-state index in [1.165, 1.54) is 28.6 Å². The lowest BCUT2D eigenvalue weighted by atomic mass is 10.1. The van der Waals surface area contributed by atoms with Crippen LogP contribution in [0.25, 0.3) is 0 Å². The van der Waals surface area contributed by atoms with Crippen molar-refractivity contribution in [3.8, 4) is 5.75 Å². The molecular weight excluding hydrogens is 357 g/mol. The van der Waals surface area contributed by atoms with Gasteiger partial charge in [0.15, 0.2) is 0 Å². The third-order valence-electron chi connectivity index (χ3n) is 4.48. The maximum atomic E-state index is 13.0. The Hall–Kier alpha value is -1.96. The van der Waals surface area contributed by atoms with E-state index < -0.39 is 10.0 Å². The molecule has 2 aromatic carbocycles. The van der Waals surface area contributed by atoms with Crippen molar-refractivity contribution in [1.29, 1.82) is 0 Å². The van der Waals surface area contributed by atoms with Crippen LogP contribution >= 0.6 is 0 Å². The molecule has 0 saturated carbocycles. The van der Waals surface area contributed by atoms with Crippen LogP contribution in [0.3, 0.4) is 0 Å². The number of rotatable bonds is 5. The van der Waals surface area contributed by atoms with Gasteiger partial charge in [0.2, 0.25) is 10.0 Å². The summed E-state index contributed by atoms with van der Waals surface area (Å²) in [4.78, 5) is 0. The highest BCUT2D eigenvalue weighted by Gasteiger charge is 2.35. The molecule has 5 nitrogen and oxygen atoms in total. The van der Waals surface area contributed by atoms with E-state index in [0.717, 1.165) is 11.3 Å². The standard InChI is InChI=1S/C19H22FNO4S/c1-14-12-25-19(16-5-9-18(24-2)10-6-16)11-21(14)26(22,23)13-15-3-7-17(20)8-4-15/h3-10,14,19H,11-13H2,1-2H3. The summed E-state index contributed by atoms with van der Waals surface area (Å²) in [6.07, 6.45) is -0.333. The lowest BCUT2D eigenvalue weighted by Crippen LogP contribution is -2.48.